The molecule has 0 amide bonds. The largest absolute Gasteiger partial charge is 0.281 e. The average Bonchev–Trinajstić information content (AvgIpc) is 2.83. The molecule has 2 aromatic heterocycles. The van der Waals surface area contributed by atoms with Gasteiger partial charge in [0.15, 0.2) is 0 Å². The number of nitrogens with zero attached hydrogens (tertiary/aromatic N) is 3. The van der Waals surface area contributed by atoms with E-state index in [0.29, 0.717) is 0 Å². The summed E-state index contributed by atoms with van der Waals surface area (Å²) in [6.45, 7) is 3.08. The first-order valence-electron chi connectivity index (χ1n) is 6.74. The fraction of sp³-hybridized carbons (Fsp3) is 0.188. The topological polar surface area (TPSA) is 21.1 Å². The van der Waals surface area contributed by atoms with Crippen molar-refractivity contribution in [3.05, 3.63) is 60.0 Å². The number of fused-ring (bicyclic) bond motifs is 1. The fourth-order valence-electron chi connectivity index (χ4n) is 2.41. The molecule has 0 spiro atoms. The van der Waals surface area contributed by atoms with E-state index < -0.39 is 0 Å². The van der Waals surface area contributed by atoms with E-state index in [1.807, 2.05) is 48.9 Å². The third-order valence-electron chi connectivity index (χ3n) is 3.30. The lowest BCUT2D eigenvalue weighted by Gasteiger charge is -2.26. The zero-order valence-corrected chi connectivity index (χ0v) is 12.1. The maximum atomic E-state index is 6.35. The summed E-state index contributed by atoms with van der Waals surface area (Å²) in [6.07, 6.45) is 6.64. The van der Waals surface area contributed by atoms with Crippen molar-refractivity contribution >= 4 is 28.2 Å². The molecule has 4 heteroatoms. The van der Waals surface area contributed by atoms with Gasteiger partial charge in [-0.2, -0.15) is 0 Å². The zero-order valence-electron chi connectivity index (χ0n) is 11.3. The van der Waals surface area contributed by atoms with Gasteiger partial charge in [0.2, 0.25) is 0 Å². The molecule has 0 saturated heterocycles. The molecule has 0 aliphatic rings. The number of hydrogen-bond donors (Lipinski definition) is 0. The van der Waals surface area contributed by atoms with Crippen LogP contribution in [0.25, 0.3) is 10.9 Å². The highest BCUT2D eigenvalue weighted by Gasteiger charge is 2.13. The van der Waals surface area contributed by atoms with Crippen LogP contribution < -0.4 is 5.01 Å². The van der Waals surface area contributed by atoms with Crippen molar-refractivity contribution in [1.29, 1.82) is 0 Å². The Morgan fingerprint density at radius 2 is 1.90 bits per heavy atom. The number of benzene rings is 1. The number of para-hydroxylation sites is 1. The van der Waals surface area contributed by atoms with Crippen molar-refractivity contribution in [2.24, 2.45) is 0 Å². The molecule has 102 valence electrons. The Morgan fingerprint density at radius 3 is 2.65 bits per heavy atom. The lowest BCUT2D eigenvalue weighted by molar-refractivity contribution is 0.696. The SMILES string of the molecule is CCCN(c1ccncc1)n1cc(Cl)c2ccccc21. The molecule has 0 unspecified atom stereocenters. The van der Waals surface area contributed by atoms with E-state index in [4.69, 9.17) is 11.6 Å². The third kappa shape index (κ3) is 2.25. The van der Waals surface area contributed by atoms with Crippen LogP contribution in [-0.4, -0.2) is 16.2 Å². The standard InChI is InChI=1S/C16H16ClN3/c1-2-11-19(13-7-9-18-10-8-13)20-12-15(17)14-5-3-4-6-16(14)20/h3-10,12H,2,11H2,1H3. The second-order valence-corrected chi connectivity index (χ2v) is 5.07. The van der Waals surface area contributed by atoms with Crippen molar-refractivity contribution in [2.45, 2.75) is 13.3 Å². The Hall–Kier alpha value is -2.00. The number of anilines is 1. The number of halogens is 1. The van der Waals surface area contributed by atoms with Crippen LogP contribution in [0.3, 0.4) is 0 Å². The van der Waals surface area contributed by atoms with Gasteiger partial charge in [0, 0.05) is 30.5 Å². The van der Waals surface area contributed by atoms with E-state index in [2.05, 4.69) is 27.7 Å². The summed E-state index contributed by atoms with van der Waals surface area (Å²) >= 11 is 6.35. The quantitative estimate of drug-likeness (QED) is 0.710. The summed E-state index contributed by atoms with van der Waals surface area (Å²) in [5, 5.41) is 4.07. The monoisotopic (exact) mass is 285 g/mol. The van der Waals surface area contributed by atoms with E-state index >= 15 is 0 Å². The van der Waals surface area contributed by atoms with Crippen LogP contribution in [0.4, 0.5) is 5.69 Å². The molecule has 3 rings (SSSR count). The van der Waals surface area contributed by atoms with Gasteiger partial charge in [0.1, 0.15) is 0 Å². The molecule has 0 fully saturated rings. The maximum Gasteiger partial charge on any atom is 0.0714 e. The first kappa shape index (κ1) is 13.0. The molecule has 0 aliphatic heterocycles. The molecule has 20 heavy (non-hydrogen) atoms. The minimum atomic E-state index is 0.774. The van der Waals surface area contributed by atoms with E-state index in [0.717, 1.165) is 34.6 Å². The normalized spacial score (nSPS) is 10.9. The number of hydrogen-bond acceptors (Lipinski definition) is 2. The van der Waals surface area contributed by atoms with Gasteiger partial charge in [0.25, 0.3) is 0 Å². The molecule has 1 aromatic carbocycles. The van der Waals surface area contributed by atoms with Crippen LogP contribution in [0.1, 0.15) is 13.3 Å². The van der Waals surface area contributed by atoms with Gasteiger partial charge < -0.3 is 0 Å². The van der Waals surface area contributed by atoms with Gasteiger partial charge in [-0.3, -0.25) is 14.7 Å². The van der Waals surface area contributed by atoms with Crippen molar-refractivity contribution in [2.75, 3.05) is 11.6 Å². The summed E-state index contributed by atoms with van der Waals surface area (Å²) in [7, 11) is 0. The smallest absolute Gasteiger partial charge is 0.0714 e. The Labute approximate surface area is 123 Å². The first-order valence-corrected chi connectivity index (χ1v) is 7.12. The fourth-order valence-corrected chi connectivity index (χ4v) is 2.66. The molecular formula is C16H16ClN3. The molecular weight excluding hydrogens is 270 g/mol. The van der Waals surface area contributed by atoms with Gasteiger partial charge in [-0.25, -0.2) is 0 Å². The van der Waals surface area contributed by atoms with E-state index in [1.54, 1.807) is 0 Å². The molecule has 3 nitrogen and oxygen atoms in total. The van der Waals surface area contributed by atoms with Crippen LogP contribution in [-0.2, 0) is 0 Å². The van der Waals surface area contributed by atoms with Crippen LogP contribution in [0.5, 0.6) is 0 Å². The Kier molecular flexibility index (Phi) is 3.61. The molecule has 0 radical (unpaired) electrons. The second-order valence-electron chi connectivity index (χ2n) is 4.67. The molecule has 2 heterocycles. The molecule has 0 saturated carbocycles. The van der Waals surface area contributed by atoms with E-state index in [-0.39, 0.29) is 0 Å². The summed E-state index contributed by atoms with van der Waals surface area (Å²) < 4.78 is 2.12. The van der Waals surface area contributed by atoms with Gasteiger partial charge in [-0.15, -0.1) is 0 Å². The Balaban J connectivity index is 2.15. The highest BCUT2D eigenvalue weighted by Crippen LogP contribution is 2.28. The van der Waals surface area contributed by atoms with E-state index in [1.165, 1.54) is 0 Å². The number of pyridine rings is 1. The highest BCUT2D eigenvalue weighted by atomic mass is 35.5. The second kappa shape index (κ2) is 5.55. The van der Waals surface area contributed by atoms with Crippen molar-refractivity contribution < 1.29 is 0 Å². The summed E-state index contributed by atoms with van der Waals surface area (Å²) in [6, 6.07) is 12.2. The van der Waals surface area contributed by atoms with Crippen molar-refractivity contribution in [3.8, 4) is 0 Å². The minimum absolute atomic E-state index is 0.774. The first-order chi connectivity index (χ1) is 9.81. The molecule has 0 bridgehead atoms. The van der Waals surface area contributed by atoms with Crippen molar-refractivity contribution in [3.63, 3.8) is 0 Å². The van der Waals surface area contributed by atoms with Crippen LogP contribution in [0.2, 0.25) is 5.02 Å². The van der Waals surface area contributed by atoms with Crippen LogP contribution >= 0.6 is 11.6 Å². The third-order valence-corrected chi connectivity index (χ3v) is 3.60. The zero-order chi connectivity index (χ0) is 13.9. The predicted octanol–water partition coefficient (Wildman–Crippen LogP) is 4.37. The lowest BCUT2D eigenvalue weighted by atomic mass is 10.2. The molecule has 3 aromatic rings. The van der Waals surface area contributed by atoms with Gasteiger partial charge in [0.05, 0.1) is 16.2 Å². The average molecular weight is 286 g/mol. The minimum Gasteiger partial charge on any atom is -0.281 e. The number of aromatic nitrogens is 2. The maximum absolute atomic E-state index is 6.35. The highest BCUT2D eigenvalue weighted by molar-refractivity contribution is 6.35. The van der Waals surface area contributed by atoms with Gasteiger partial charge >= 0.3 is 0 Å². The van der Waals surface area contributed by atoms with E-state index in [9.17, 15) is 0 Å². The summed E-state index contributed by atoms with van der Waals surface area (Å²) in [5.41, 5.74) is 2.22. The van der Waals surface area contributed by atoms with Gasteiger partial charge in [-0.1, -0.05) is 36.7 Å². The molecule has 0 N–H and O–H groups in total. The predicted molar refractivity (Wildman–Crippen MR) is 84.2 cm³/mol. The summed E-state index contributed by atoms with van der Waals surface area (Å²) in [4.78, 5) is 4.09. The Morgan fingerprint density at radius 1 is 1.15 bits per heavy atom. The number of rotatable bonds is 4. The van der Waals surface area contributed by atoms with Crippen LogP contribution in [0.15, 0.2) is 55.0 Å². The van der Waals surface area contributed by atoms with Crippen molar-refractivity contribution in [1.82, 2.24) is 9.66 Å². The molecule has 0 aliphatic carbocycles. The lowest BCUT2D eigenvalue weighted by Crippen LogP contribution is -2.29. The molecule has 0 atom stereocenters. The Bertz CT molecular complexity index is 706. The summed E-state index contributed by atoms with van der Waals surface area (Å²) in [5.74, 6) is 0. The van der Waals surface area contributed by atoms with Crippen LogP contribution in [0, 0.1) is 0 Å². The van der Waals surface area contributed by atoms with Gasteiger partial charge in [-0.05, 0) is 24.6 Å².